The van der Waals surface area contributed by atoms with Crippen LogP contribution in [0.5, 0.6) is 0 Å². The third-order valence-electron chi connectivity index (χ3n) is 5.37. The first-order chi connectivity index (χ1) is 15.2. The van der Waals surface area contributed by atoms with E-state index in [1.54, 1.807) is 17.5 Å². The van der Waals surface area contributed by atoms with Crippen molar-refractivity contribution >= 4 is 33.7 Å². The lowest BCUT2D eigenvalue weighted by Gasteiger charge is -2.32. The fourth-order valence-electron chi connectivity index (χ4n) is 3.72. The molecule has 1 aliphatic heterocycles. The van der Waals surface area contributed by atoms with Crippen molar-refractivity contribution in [2.45, 2.75) is 12.6 Å². The number of rotatable bonds is 6. The van der Waals surface area contributed by atoms with Crippen molar-refractivity contribution in [2.75, 3.05) is 32.0 Å². The molecule has 1 unspecified atom stereocenters. The molecule has 1 fully saturated rings. The molecule has 1 atom stereocenters. The third kappa shape index (κ3) is 4.07. The summed E-state index contributed by atoms with van der Waals surface area (Å²) in [5, 5.41) is 5.36. The van der Waals surface area contributed by atoms with Gasteiger partial charge in [0.25, 0.3) is 0 Å². The van der Waals surface area contributed by atoms with Crippen LogP contribution in [0.2, 0.25) is 0 Å². The Labute approximate surface area is 183 Å². The van der Waals surface area contributed by atoms with Gasteiger partial charge in [-0.15, -0.1) is 11.3 Å². The van der Waals surface area contributed by atoms with E-state index in [1.807, 2.05) is 41.3 Å². The van der Waals surface area contributed by atoms with Crippen molar-refractivity contribution in [1.82, 2.24) is 24.6 Å². The predicted octanol–water partition coefficient (Wildman–Crippen LogP) is 3.22. The monoisotopic (exact) mass is 434 g/mol. The standard InChI is InChI=1S/C22H22N6O2S/c23-21-17(22-26-18-4-1-2-5-19(18)31-22)10-15(11-24-21)16-12-25-28(13-16)20-14-27(6-3-8-29)7-9-30-20/h1-2,4-5,8,10-13,20H,3,6-7,9,14H2,(H2,23,24). The number of thiazole rings is 1. The number of carbonyl (C=O) groups is 1. The zero-order chi connectivity index (χ0) is 21.2. The Bertz CT molecular complexity index is 1190. The normalized spacial score (nSPS) is 17.2. The van der Waals surface area contributed by atoms with Crippen molar-refractivity contribution in [2.24, 2.45) is 0 Å². The average molecular weight is 435 g/mol. The summed E-state index contributed by atoms with van der Waals surface area (Å²) in [4.78, 5) is 22.0. The Kier molecular flexibility index (Phi) is 5.46. The number of pyridine rings is 1. The van der Waals surface area contributed by atoms with Gasteiger partial charge in [-0.2, -0.15) is 5.10 Å². The van der Waals surface area contributed by atoms with E-state index in [-0.39, 0.29) is 6.23 Å². The van der Waals surface area contributed by atoms with Gasteiger partial charge in [0, 0.05) is 49.6 Å². The molecule has 4 aromatic rings. The molecule has 0 amide bonds. The first-order valence-electron chi connectivity index (χ1n) is 10.1. The van der Waals surface area contributed by atoms with Crippen LogP contribution >= 0.6 is 11.3 Å². The SMILES string of the molecule is Nc1ncc(-c2cnn(C3CN(CCC=O)CCO3)c2)cc1-c1nc2ccccc2s1. The smallest absolute Gasteiger partial charge is 0.162 e. The number of hydrogen-bond donors (Lipinski definition) is 1. The summed E-state index contributed by atoms with van der Waals surface area (Å²) in [7, 11) is 0. The number of fused-ring (bicyclic) bond motifs is 1. The minimum absolute atomic E-state index is 0.181. The molecule has 8 nitrogen and oxygen atoms in total. The van der Waals surface area contributed by atoms with Gasteiger partial charge in [-0.1, -0.05) is 12.1 Å². The predicted molar refractivity (Wildman–Crippen MR) is 121 cm³/mol. The van der Waals surface area contributed by atoms with Crippen LogP contribution in [-0.2, 0) is 9.53 Å². The molecule has 1 aliphatic rings. The number of aldehydes is 1. The Balaban J connectivity index is 1.41. The minimum Gasteiger partial charge on any atom is -0.383 e. The molecule has 0 spiro atoms. The molecule has 0 saturated carbocycles. The molecule has 1 saturated heterocycles. The van der Waals surface area contributed by atoms with Crippen molar-refractivity contribution < 1.29 is 9.53 Å². The van der Waals surface area contributed by atoms with Crippen molar-refractivity contribution in [1.29, 1.82) is 0 Å². The number of carbonyl (C=O) groups excluding carboxylic acids is 1. The van der Waals surface area contributed by atoms with Crippen LogP contribution in [0.4, 0.5) is 5.82 Å². The van der Waals surface area contributed by atoms with Gasteiger partial charge in [-0.05, 0) is 18.2 Å². The van der Waals surface area contributed by atoms with Crippen LogP contribution in [-0.4, -0.2) is 57.2 Å². The maximum absolute atomic E-state index is 10.7. The fourth-order valence-corrected chi connectivity index (χ4v) is 4.71. The zero-order valence-corrected chi connectivity index (χ0v) is 17.7. The first-order valence-corrected chi connectivity index (χ1v) is 11.0. The van der Waals surface area contributed by atoms with E-state index in [1.165, 1.54) is 0 Å². The highest BCUT2D eigenvalue weighted by Crippen LogP contribution is 2.35. The first kappa shape index (κ1) is 19.8. The maximum Gasteiger partial charge on any atom is 0.162 e. The number of anilines is 1. The number of hydrogen-bond acceptors (Lipinski definition) is 8. The second kappa shape index (κ2) is 8.54. The van der Waals surface area contributed by atoms with Crippen LogP contribution in [0.3, 0.4) is 0 Å². The van der Waals surface area contributed by atoms with Gasteiger partial charge >= 0.3 is 0 Å². The van der Waals surface area contributed by atoms with Crippen molar-refractivity contribution in [3.63, 3.8) is 0 Å². The van der Waals surface area contributed by atoms with E-state index in [4.69, 9.17) is 15.5 Å². The number of nitrogens with two attached hydrogens (primary N) is 1. The Morgan fingerprint density at radius 2 is 2.16 bits per heavy atom. The molecule has 0 aliphatic carbocycles. The van der Waals surface area contributed by atoms with Crippen LogP contribution in [0.1, 0.15) is 12.6 Å². The number of aromatic nitrogens is 4. The average Bonchev–Trinajstić information content (AvgIpc) is 3.46. The highest BCUT2D eigenvalue weighted by molar-refractivity contribution is 7.21. The van der Waals surface area contributed by atoms with Gasteiger partial charge in [-0.3, -0.25) is 4.90 Å². The maximum atomic E-state index is 10.7. The molecular formula is C22H22N6O2S. The third-order valence-corrected chi connectivity index (χ3v) is 6.44. The van der Waals surface area contributed by atoms with E-state index >= 15 is 0 Å². The minimum atomic E-state index is -0.181. The summed E-state index contributed by atoms with van der Waals surface area (Å²) >= 11 is 1.60. The summed E-state index contributed by atoms with van der Waals surface area (Å²) in [5.74, 6) is 0.455. The number of morpholine rings is 1. The van der Waals surface area contributed by atoms with E-state index in [0.717, 1.165) is 51.3 Å². The topological polar surface area (TPSA) is 99.2 Å². The summed E-state index contributed by atoms with van der Waals surface area (Å²) < 4.78 is 8.84. The molecule has 4 heterocycles. The summed E-state index contributed by atoms with van der Waals surface area (Å²) in [5.41, 5.74) is 9.81. The Hall–Kier alpha value is -3.14. The van der Waals surface area contributed by atoms with E-state index in [9.17, 15) is 4.79 Å². The van der Waals surface area contributed by atoms with Gasteiger partial charge in [0.1, 0.15) is 17.1 Å². The Morgan fingerprint density at radius 1 is 1.26 bits per heavy atom. The molecular weight excluding hydrogens is 412 g/mol. The molecule has 5 rings (SSSR count). The van der Waals surface area contributed by atoms with E-state index in [2.05, 4.69) is 21.0 Å². The fraction of sp³-hybridized carbons (Fsp3) is 0.273. The van der Waals surface area contributed by atoms with Gasteiger partial charge in [0.05, 0.1) is 28.6 Å². The lowest BCUT2D eigenvalue weighted by atomic mass is 10.1. The van der Waals surface area contributed by atoms with Gasteiger partial charge in [0.15, 0.2) is 6.23 Å². The van der Waals surface area contributed by atoms with Crippen LogP contribution in [0.15, 0.2) is 48.9 Å². The number of nitrogens with zero attached hydrogens (tertiary/aromatic N) is 5. The van der Waals surface area contributed by atoms with Crippen LogP contribution < -0.4 is 5.73 Å². The Morgan fingerprint density at radius 3 is 3.03 bits per heavy atom. The number of ether oxygens (including phenoxy) is 1. The van der Waals surface area contributed by atoms with Crippen LogP contribution in [0.25, 0.3) is 31.9 Å². The number of para-hydroxylation sites is 1. The highest BCUT2D eigenvalue weighted by atomic mass is 32.1. The van der Waals surface area contributed by atoms with Crippen molar-refractivity contribution in [3.8, 4) is 21.7 Å². The second-order valence-corrected chi connectivity index (χ2v) is 8.46. The zero-order valence-electron chi connectivity index (χ0n) is 16.8. The molecule has 3 aromatic heterocycles. The summed E-state index contributed by atoms with van der Waals surface area (Å²) in [6.45, 7) is 2.88. The quantitative estimate of drug-likeness (QED) is 0.465. The molecule has 2 N–H and O–H groups in total. The highest BCUT2D eigenvalue weighted by Gasteiger charge is 2.22. The summed E-state index contributed by atoms with van der Waals surface area (Å²) in [6, 6.07) is 10.0. The second-order valence-electron chi connectivity index (χ2n) is 7.43. The molecule has 0 radical (unpaired) electrons. The number of nitrogen functional groups attached to an aromatic ring is 1. The van der Waals surface area contributed by atoms with Crippen LogP contribution in [0, 0.1) is 0 Å². The molecule has 1 aromatic carbocycles. The molecule has 31 heavy (non-hydrogen) atoms. The summed E-state index contributed by atoms with van der Waals surface area (Å²) in [6.07, 6.45) is 6.83. The van der Waals surface area contributed by atoms with E-state index < -0.39 is 0 Å². The molecule has 158 valence electrons. The van der Waals surface area contributed by atoms with Gasteiger partial charge < -0.3 is 15.3 Å². The molecule has 9 heteroatoms. The van der Waals surface area contributed by atoms with Crippen molar-refractivity contribution in [3.05, 3.63) is 48.9 Å². The lowest BCUT2D eigenvalue weighted by molar-refractivity contribution is -0.109. The lowest BCUT2D eigenvalue weighted by Crippen LogP contribution is -2.41. The van der Waals surface area contributed by atoms with E-state index in [0.29, 0.717) is 25.4 Å². The number of benzene rings is 1. The van der Waals surface area contributed by atoms with Gasteiger partial charge in [0.2, 0.25) is 0 Å². The molecule has 0 bridgehead atoms. The van der Waals surface area contributed by atoms with Gasteiger partial charge in [-0.25, -0.2) is 14.6 Å². The largest absolute Gasteiger partial charge is 0.383 e.